The molecule has 0 bridgehead atoms. The first-order valence-electron chi connectivity index (χ1n) is 5.32. The molecule has 2 amide bonds. The van der Waals surface area contributed by atoms with Crippen LogP contribution in [0.25, 0.3) is 0 Å². The average Bonchev–Trinajstić information content (AvgIpc) is 2.28. The average molecular weight is 241 g/mol. The van der Waals surface area contributed by atoms with Crippen LogP contribution >= 0.6 is 11.6 Å². The van der Waals surface area contributed by atoms with Crippen molar-refractivity contribution in [2.75, 3.05) is 13.6 Å². The highest BCUT2D eigenvalue weighted by molar-refractivity contribution is 6.31. The maximum Gasteiger partial charge on any atom is 0.317 e. The van der Waals surface area contributed by atoms with Gasteiger partial charge in [0.1, 0.15) is 0 Å². The predicted molar refractivity (Wildman–Crippen MR) is 66.7 cm³/mol. The number of carbonyl (C=O) groups is 1. The van der Waals surface area contributed by atoms with E-state index in [9.17, 15) is 4.79 Å². The third kappa shape index (κ3) is 3.14. The first-order valence-corrected chi connectivity index (χ1v) is 5.70. The zero-order valence-corrected chi connectivity index (χ0v) is 10.6. The third-order valence-electron chi connectivity index (χ3n) is 2.53. The van der Waals surface area contributed by atoms with Crippen molar-refractivity contribution in [3.8, 4) is 0 Å². The lowest BCUT2D eigenvalue weighted by molar-refractivity contribution is 0.208. The topological polar surface area (TPSA) is 32.3 Å². The maximum absolute atomic E-state index is 11.6. The van der Waals surface area contributed by atoms with Gasteiger partial charge in [0.2, 0.25) is 0 Å². The lowest BCUT2D eigenvalue weighted by Gasteiger charge is -2.20. The molecule has 0 radical (unpaired) electrons. The van der Waals surface area contributed by atoms with E-state index in [0.29, 0.717) is 11.6 Å². The zero-order valence-electron chi connectivity index (χ0n) is 9.83. The van der Waals surface area contributed by atoms with Gasteiger partial charge in [0.05, 0.1) is 6.04 Å². The SMILES string of the molecule is CCN(C)C(=O)NC(C)c1ccccc1Cl. The number of carbonyl (C=O) groups excluding carboxylic acids is 1. The highest BCUT2D eigenvalue weighted by atomic mass is 35.5. The second-order valence-electron chi connectivity index (χ2n) is 3.71. The molecule has 0 aliphatic heterocycles. The Morgan fingerprint density at radius 2 is 2.12 bits per heavy atom. The molecule has 1 aromatic carbocycles. The van der Waals surface area contributed by atoms with Crippen molar-refractivity contribution < 1.29 is 4.79 Å². The van der Waals surface area contributed by atoms with Gasteiger partial charge in [0, 0.05) is 18.6 Å². The molecule has 1 aromatic rings. The van der Waals surface area contributed by atoms with E-state index >= 15 is 0 Å². The summed E-state index contributed by atoms with van der Waals surface area (Å²) in [5.74, 6) is 0. The summed E-state index contributed by atoms with van der Waals surface area (Å²) >= 11 is 6.05. The molecule has 0 aromatic heterocycles. The molecule has 0 fully saturated rings. The number of rotatable bonds is 3. The first-order chi connectivity index (χ1) is 7.56. The van der Waals surface area contributed by atoms with E-state index in [1.165, 1.54) is 0 Å². The molecule has 0 heterocycles. The maximum atomic E-state index is 11.6. The van der Waals surface area contributed by atoms with E-state index < -0.39 is 0 Å². The Hall–Kier alpha value is -1.22. The Kier molecular flexibility index (Phi) is 4.62. The second-order valence-corrected chi connectivity index (χ2v) is 4.11. The summed E-state index contributed by atoms with van der Waals surface area (Å²) in [5.41, 5.74) is 0.932. The van der Waals surface area contributed by atoms with Crippen molar-refractivity contribution in [2.24, 2.45) is 0 Å². The molecular weight excluding hydrogens is 224 g/mol. The van der Waals surface area contributed by atoms with Crippen LogP contribution in [0.4, 0.5) is 4.79 Å². The molecule has 1 atom stereocenters. The molecule has 0 saturated heterocycles. The van der Waals surface area contributed by atoms with E-state index in [4.69, 9.17) is 11.6 Å². The molecule has 0 spiro atoms. The van der Waals surface area contributed by atoms with Crippen LogP contribution in [-0.4, -0.2) is 24.5 Å². The van der Waals surface area contributed by atoms with Crippen molar-refractivity contribution in [2.45, 2.75) is 19.9 Å². The Bertz CT molecular complexity index is 368. The minimum absolute atomic E-state index is 0.0878. The van der Waals surface area contributed by atoms with Crippen molar-refractivity contribution in [3.63, 3.8) is 0 Å². The molecule has 4 heteroatoms. The highest BCUT2D eigenvalue weighted by Gasteiger charge is 2.13. The van der Waals surface area contributed by atoms with Crippen molar-refractivity contribution in [3.05, 3.63) is 34.9 Å². The quantitative estimate of drug-likeness (QED) is 0.865. The van der Waals surface area contributed by atoms with Crippen LogP contribution in [-0.2, 0) is 0 Å². The summed E-state index contributed by atoms with van der Waals surface area (Å²) in [5, 5.41) is 3.57. The number of benzene rings is 1. The summed E-state index contributed by atoms with van der Waals surface area (Å²) in [6.07, 6.45) is 0. The van der Waals surface area contributed by atoms with Gasteiger partial charge in [-0.05, 0) is 25.5 Å². The summed E-state index contributed by atoms with van der Waals surface area (Å²) in [4.78, 5) is 13.3. The Morgan fingerprint density at radius 1 is 1.50 bits per heavy atom. The lowest BCUT2D eigenvalue weighted by atomic mass is 10.1. The van der Waals surface area contributed by atoms with Crippen LogP contribution in [0.15, 0.2) is 24.3 Å². The van der Waals surface area contributed by atoms with Crippen LogP contribution in [0.1, 0.15) is 25.5 Å². The van der Waals surface area contributed by atoms with Crippen molar-refractivity contribution >= 4 is 17.6 Å². The van der Waals surface area contributed by atoms with Gasteiger partial charge in [-0.2, -0.15) is 0 Å². The first kappa shape index (κ1) is 12.8. The lowest BCUT2D eigenvalue weighted by Crippen LogP contribution is -2.38. The number of urea groups is 1. The number of hydrogen-bond acceptors (Lipinski definition) is 1. The fraction of sp³-hybridized carbons (Fsp3) is 0.417. The summed E-state index contributed by atoms with van der Waals surface area (Å²) in [6.45, 7) is 4.53. The van der Waals surface area contributed by atoms with E-state index in [1.54, 1.807) is 11.9 Å². The van der Waals surface area contributed by atoms with E-state index in [-0.39, 0.29) is 12.1 Å². The molecular formula is C12H17ClN2O. The largest absolute Gasteiger partial charge is 0.331 e. The monoisotopic (exact) mass is 240 g/mol. The van der Waals surface area contributed by atoms with Crippen molar-refractivity contribution in [1.29, 1.82) is 0 Å². The van der Waals surface area contributed by atoms with E-state index in [0.717, 1.165) is 5.56 Å². The van der Waals surface area contributed by atoms with Crippen LogP contribution in [0, 0.1) is 0 Å². The molecule has 0 aliphatic rings. The third-order valence-corrected chi connectivity index (χ3v) is 2.88. The van der Waals surface area contributed by atoms with Gasteiger partial charge in [-0.1, -0.05) is 29.8 Å². The van der Waals surface area contributed by atoms with Gasteiger partial charge < -0.3 is 10.2 Å². The molecule has 3 nitrogen and oxygen atoms in total. The van der Waals surface area contributed by atoms with Gasteiger partial charge in [-0.15, -0.1) is 0 Å². The smallest absolute Gasteiger partial charge is 0.317 e. The van der Waals surface area contributed by atoms with Crippen LogP contribution in [0.2, 0.25) is 5.02 Å². The fourth-order valence-electron chi connectivity index (χ4n) is 1.34. The molecule has 0 aliphatic carbocycles. The van der Waals surface area contributed by atoms with Gasteiger partial charge in [-0.25, -0.2) is 4.79 Å². The predicted octanol–water partition coefficient (Wildman–Crippen LogP) is 3.06. The number of nitrogens with one attached hydrogen (secondary N) is 1. The standard InChI is InChI=1S/C12H17ClN2O/c1-4-15(3)12(16)14-9(2)10-7-5-6-8-11(10)13/h5-9H,4H2,1-3H3,(H,14,16). The normalized spacial score (nSPS) is 12.0. The Morgan fingerprint density at radius 3 is 2.69 bits per heavy atom. The van der Waals surface area contributed by atoms with Gasteiger partial charge in [0.25, 0.3) is 0 Å². The Balaban J connectivity index is 2.69. The summed E-state index contributed by atoms with van der Waals surface area (Å²) < 4.78 is 0. The van der Waals surface area contributed by atoms with Gasteiger partial charge in [0.15, 0.2) is 0 Å². The molecule has 1 N–H and O–H groups in total. The van der Waals surface area contributed by atoms with Crippen LogP contribution in [0.3, 0.4) is 0 Å². The fourth-order valence-corrected chi connectivity index (χ4v) is 1.64. The second kappa shape index (κ2) is 5.75. The number of amides is 2. The highest BCUT2D eigenvalue weighted by Crippen LogP contribution is 2.22. The van der Waals surface area contributed by atoms with E-state index in [1.807, 2.05) is 38.1 Å². The zero-order chi connectivity index (χ0) is 12.1. The number of halogens is 1. The molecule has 0 saturated carbocycles. The minimum atomic E-state index is -0.0880. The molecule has 1 rings (SSSR count). The van der Waals surface area contributed by atoms with Crippen LogP contribution in [0.5, 0.6) is 0 Å². The minimum Gasteiger partial charge on any atom is -0.331 e. The molecule has 88 valence electrons. The van der Waals surface area contributed by atoms with Gasteiger partial charge >= 0.3 is 6.03 Å². The molecule has 16 heavy (non-hydrogen) atoms. The van der Waals surface area contributed by atoms with E-state index in [2.05, 4.69) is 5.32 Å². The van der Waals surface area contributed by atoms with Crippen molar-refractivity contribution in [1.82, 2.24) is 10.2 Å². The Labute approximate surface area is 101 Å². The summed E-state index contributed by atoms with van der Waals surface area (Å²) in [6, 6.07) is 7.35. The van der Waals surface area contributed by atoms with Crippen LogP contribution < -0.4 is 5.32 Å². The summed E-state index contributed by atoms with van der Waals surface area (Å²) in [7, 11) is 1.76. The molecule has 1 unspecified atom stereocenters. The van der Waals surface area contributed by atoms with Gasteiger partial charge in [-0.3, -0.25) is 0 Å². The number of nitrogens with zero attached hydrogens (tertiary/aromatic N) is 1. The number of hydrogen-bond donors (Lipinski definition) is 1.